The smallest absolute Gasteiger partial charge is 0.293 e. The van der Waals surface area contributed by atoms with Gasteiger partial charge in [0.15, 0.2) is 0 Å². The number of nitro benzene ring substituents is 1. The number of rotatable bonds is 7. The van der Waals surface area contributed by atoms with Gasteiger partial charge in [0.05, 0.1) is 4.92 Å². The van der Waals surface area contributed by atoms with Gasteiger partial charge in [-0.15, -0.1) is 0 Å². The lowest BCUT2D eigenvalue weighted by Gasteiger charge is -2.36. The van der Waals surface area contributed by atoms with Gasteiger partial charge in [0.25, 0.3) is 11.6 Å². The molecule has 2 aliphatic rings. The van der Waals surface area contributed by atoms with Gasteiger partial charge in [-0.2, -0.15) is 0 Å². The summed E-state index contributed by atoms with van der Waals surface area (Å²) in [5.41, 5.74) is 2.44. The second-order valence-electron chi connectivity index (χ2n) is 9.62. The normalized spacial score (nSPS) is 16.0. The highest BCUT2D eigenvalue weighted by atomic mass is 16.6. The molecule has 0 saturated carbocycles. The van der Waals surface area contributed by atoms with Gasteiger partial charge in [-0.05, 0) is 55.2 Å². The molecule has 2 aromatic rings. The van der Waals surface area contributed by atoms with Crippen LogP contribution in [0.25, 0.3) is 0 Å². The zero-order valence-corrected chi connectivity index (χ0v) is 20.4. The lowest BCUT2D eigenvalue weighted by molar-refractivity contribution is -0.384. The summed E-state index contributed by atoms with van der Waals surface area (Å²) in [6.45, 7) is 8.64. The van der Waals surface area contributed by atoms with E-state index in [0.717, 1.165) is 44.7 Å². The van der Waals surface area contributed by atoms with E-state index in [0.29, 0.717) is 36.8 Å². The van der Waals surface area contributed by atoms with Crippen LogP contribution < -0.4 is 15.1 Å². The number of hydrogen-bond donors (Lipinski definition) is 1. The minimum atomic E-state index is -0.421. The first-order valence-corrected chi connectivity index (χ1v) is 12.3. The molecule has 0 atom stereocenters. The number of nitro groups is 1. The van der Waals surface area contributed by atoms with Gasteiger partial charge in [0.2, 0.25) is 5.91 Å². The third-order valence-electron chi connectivity index (χ3n) is 6.59. The van der Waals surface area contributed by atoms with E-state index in [-0.39, 0.29) is 23.1 Å². The predicted octanol–water partition coefficient (Wildman–Crippen LogP) is 4.14. The fourth-order valence-corrected chi connectivity index (χ4v) is 4.69. The van der Waals surface area contributed by atoms with Crippen molar-refractivity contribution in [2.75, 3.05) is 54.4 Å². The largest absolute Gasteiger partial charge is 0.368 e. The van der Waals surface area contributed by atoms with E-state index in [1.807, 2.05) is 34.1 Å². The average molecular weight is 480 g/mol. The van der Waals surface area contributed by atoms with Crippen molar-refractivity contribution in [1.82, 2.24) is 4.90 Å². The number of benzene rings is 2. The summed E-state index contributed by atoms with van der Waals surface area (Å²) in [4.78, 5) is 42.4. The zero-order valence-electron chi connectivity index (χ0n) is 20.4. The molecule has 2 amide bonds. The average Bonchev–Trinajstić information content (AvgIpc) is 3.39. The van der Waals surface area contributed by atoms with Crippen LogP contribution in [0.1, 0.15) is 43.5 Å². The van der Waals surface area contributed by atoms with E-state index in [1.165, 1.54) is 6.07 Å². The number of nitrogens with one attached hydrogen (secondary N) is 1. The van der Waals surface area contributed by atoms with Crippen LogP contribution in [-0.4, -0.2) is 60.9 Å². The van der Waals surface area contributed by atoms with Crippen LogP contribution in [0.4, 0.5) is 22.7 Å². The van der Waals surface area contributed by atoms with E-state index < -0.39 is 4.92 Å². The Labute approximate surface area is 205 Å². The minimum Gasteiger partial charge on any atom is -0.368 e. The summed E-state index contributed by atoms with van der Waals surface area (Å²) in [6.07, 6.45) is 2.61. The van der Waals surface area contributed by atoms with Crippen molar-refractivity contribution in [3.63, 3.8) is 0 Å². The molecule has 35 heavy (non-hydrogen) atoms. The standard InChI is InChI=1S/C26H33N5O4/c1-19(2)17-25(32)30-15-13-28(14-16-30)22-8-6-21(7-9-22)27-26(33)20-5-10-23(24(18-20)31(34)35)29-11-3-4-12-29/h5-10,18-19H,3-4,11-17H2,1-2H3,(H,27,33). The molecule has 186 valence electrons. The van der Waals surface area contributed by atoms with Crippen molar-refractivity contribution >= 4 is 34.6 Å². The zero-order chi connectivity index (χ0) is 24.9. The molecule has 9 nitrogen and oxygen atoms in total. The van der Waals surface area contributed by atoms with E-state index >= 15 is 0 Å². The molecule has 2 aromatic carbocycles. The number of piperazine rings is 1. The Kier molecular flexibility index (Phi) is 7.53. The molecule has 1 N–H and O–H groups in total. The predicted molar refractivity (Wildman–Crippen MR) is 137 cm³/mol. The summed E-state index contributed by atoms with van der Waals surface area (Å²) in [6, 6.07) is 12.2. The molecule has 0 spiro atoms. The maximum atomic E-state index is 12.8. The topological polar surface area (TPSA) is 99.0 Å². The highest BCUT2D eigenvalue weighted by Crippen LogP contribution is 2.32. The number of anilines is 3. The number of carbonyl (C=O) groups is 2. The second kappa shape index (κ2) is 10.8. The van der Waals surface area contributed by atoms with Gasteiger partial charge < -0.3 is 20.0 Å². The molecule has 2 saturated heterocycles. The molecule has 0 bridgehead atoms. The molecular weight excluding hydrogens is 446 g/mol. The lowest BCUT2D eigenvalue weighted by Crippen LogP contribution is -2.49. The first kappa shape index (κ1) is 24.5. The summed E-state index contributed by atoms with van der Waals surface area (Å²) in [5, 5.41) is 14.5. The SMILES string of the molecule is CC(C)CC(=O)N1CCN(c2ccc(NC(=O)c3ccc(N4CCCC4)c([N+](=O)[O-])c3)cc2)CC1. The van der Waals surface area contributed by atoms with Crippen molar-refractivity contribution in [2.45, 2.75) is 33.1 Å². The summed E-state index contributed by atoms with van der Waals surface area (Å²) >= 11 is 0. The van der Waals surface area contributed by atoms with Gasteiger partial charge in [-0.25, -0.2) is 0 Å². The maximum absolute atomic E-state index is 12.8. The van der Waals surface area contributed by atoms with Crippen LogP contribution in [0.3, 0.4) is 0 Å². The van der Waals surface area contributed by atoms with Crippen LogP contribution in [0, 0.1) is 16.0 Å². The van der Waals surface area contributed by atoms with Crippen LogP contribution in [0.5, 0.6) is 0 Å². The van der Waals surface area contributed by atoms with Crippen molar-refractivity contribution in [1.29, 1.82) is 0 Å². The summed E-state index contributed by atoms with van der Waals surface area (Å²) in [5.74, 6) is 0.190. The molecule has 2 heterocycles. The molecule has 2 aliphatic heterocycles. The third-order valence-corrected chi connectivity index (χ3v) is 6.59. The maximum Gasteiger partial charge on any atom is 0.293 e. The van der Waals surface area contributed by atoms with E-state index in [1.54, 1.807) is 12.1 Å². The molecule has 9 heteroatoms. The van der Waals surface area contributed by atoms with Crippen molar-refractivity contribution < 1.29 is 14.5 Å². The van der Waals surface area contributed by atoms with Crippen LogP contribution in [-0.2, 0) is 4.79 Å². The Balaban J connectivity index is 1.37. The van der Waals surface area contributed by atoms with E-state index in [4.69, 9.17) is 0 Å². The fourth-order valence-electron chi connectivity index (χ4n) is 4.69. The Bertz CT molecular complexity index is 1070. The van der Waals surface area contributed by atoms with Gasteiger partial charge in [0.1, 0.15) is 5.69 Å². The van der Waals surface area contributed by atoms with Gasteiger partial charge in [-0.3, -0.25) is 19.7 Å². The summed E-state index contributed by atoms with van der Waals surface area (Å²) < 4.78 is 0. The minimum absolute atomic E-state index is 0.0408. The van der Waals surface area contributed by atoms with Gasteiger partial charge in [-0.1, -0.05) is 13.8 Å². The Morgan fingerprint density at radius 3 is 2.20 bits per heavy atom. The first-order valence-electron chi connectivity index (χ1n) is 12.3. The monoisotopic (exact) mass is 479 g/mol. The highest BCUT2D eigenvalue weighted by Gasteiger charge is 2.24. The van der Waals surface area contributed by atoms with E-state index in [2.05, 4.69) is 24.1 Å². The molecule has 0 aliphatic carbocycles. The van der Waals surface area contributed by atoms with Gasteiger partial charge >= 0.3 is 0 Å². The Morgan fingerprint density at radius 1 is 0.943 bits per heavy atom. The molecule has 2 fully saturated rings. The van der Waals surface area contributed by atoms with Crippen LogP contribution in [0.15, 0.2) is 42.5 Å². The third kappa shape index (κ3) is 5.90. The number of hydrogen-bond acceptors (Lipinski definition) is 6. The van der Waals surface area contributed by atoms with Crippen molar-refractivity contribution in [3.8, 4) is 0 Å². The van der Waals surface area contributed by atoms with Crippen molar-refractivity contribution in [3.05, 3.63) is 58.1 Å². The quantitative estimate of drug-likeness (QED) is 0.473. The van der Waals surface area contributed by atoms with Crippen LogP contribution >= 0.6 is 0 Å². The lowest BCUT2D eigenvalue weighted by atomic mass is 10.1. The molecular formula is C26H33N5O4. The van der Waals surface area contributed by atoms with Crippen molar-refractivity contribution in [2.24, 2.45) is 5.92 Å². The highest BCUT2D eigenvalue weighted by molar-refractivity contribution is 6.05. The molecule has 0 aromatic heterocycles. The van der Waals surface area contributed by atoms with Gasteiger partial charge in [0, 0.05) is 68.7 Å². The Morgan fingerprint density at radius 2 is 1.60 bits per heavy atom. The molecule has 4 rings (SSSR count). The first-order chi connectivity index (χ1) is 16.8. The number of nitrogens with zero attached hydrogens (tertiary/aromatic N) is 4. The number of amides is 2. The fraction of sp³-hybridized carbons (Fsp3) is 0.462. The number of carbonyl (C=O) groups excluding carboxylic acids is 2. The van der Waals surface area contributed by atoms with Crippen LogP contribution in [0.2, 0.25) is 0 Å². The Hall–Kier alpha value is -3.62. The molecule has 0 unspecified atom stereocenters. The summed E-state index contributed by atoms with van der Waals surface area (Å²) in [7, 11) is 0. The van der Waals surface area contributed by atoms with E-state index in [9.17, 15) is 19.7 Å². The molecule has 0 radical (unpaired) electrons. The second-order valence-corrected chi connectivity index (χ2v) is 9.62.